The lowest BCUT2D eigenvalue weighted by atomic mass is 10.1. The lowest BCUT2D eigenvalue weighted by Gasteiger charge is -2.30. The summed E-state index contributed by atoms with van der Waals surface area (Å²) in [4.78, 5) is 32.3. The molecule has 1 aromatic carbocycles. The van der Waals surface area contributed by atoms with Crippen molar-refractivity contribution in [1.82, 2.24) is 9.80 Å². The fraction of sp³-hybridized carbons (Fsp3) is 0.444. The van der Waals surface area contributed by atoms with Crippen LogP contribution in [-0.4, -0.2) is 76.9 Å². The van der Waals surface area contributed by atoms with Crippen LogP contribution in [0.2, 0.25) is 0 Å². The molecule has 2 heterocycles. The molecule has 0 aromatic heterocycles. The molecule has 0 radical (unpaired) electrons. The van der Waals surface area contributed by atoms with Crippen molar-refractivity contribution in [2.45, 2.75) is 19.5 Å². The van der Waals surface area contributed by atoms with Crippen LogP contribution < -0.4 is 0 Å². The maximum absolute atomic E-state index is 12.8. The first-order chi connectivity index (χ1) is 12.4. The third kappa shape index (κ3) is 3.39. The monoisotopic (exact) mass is 375 g/mol. The summed E-state index contributed by atoms with van der Waals surface area (Å²) in [5, 5.41) is 0.742. The Bertz CT molecular complexity index is 805. The average Bonchev–Trinajstić information content (AvgIpc) is 2.97. The highest BCUT2D eigenvalue weighted by Gasteiger charge is 2.53. The Labute approximate surface area is 157 Å². The standard InChI is InChI=1S/C18H23N4O3S/c1-12-6-5-7-13(10-12)11-22-14-15(19-17(22)26-9-8-25-4)20(2)18(24)21(3)16(14)23/h5-7,10,14H,8-9,11H2,1-4H3/q+1. The number of benzene rings is 1. The van der Waals surface area contributed by atoms with E-state index in [-0.39, 0.29) is 11.9 Å². The number of thioether (sulfide) groups is 1. The Morgan fingerprint density at radius 1 is 1.27 bits per heavy atom. The van der Waals surface area contributed by atoms with Gasteiger partial charge >= 0.3 is 11.2 Å². The van der Waals surface area contributed by atoms with Crippen LogP contribution in [0.1, 0.15) is 11.1 Å². The molecule has 2 aliphatic heterocycles. The van der Waals surface area contributed by atoms with Gasteiger partial charge in [0.25, 0.3) is 17.8 Å². The summed E-state index contributed by atoms with van der Waals surface area (Å²) in [5.74, 6) is 0.967. The van der Waals surface area contributed by atoms with E-state index in [9.17, 15) is 9.59 Å². The molecule has 26 heavy (non-hydrogen) atoms. The first kappa shape index (κ1) is 18.6. The van der Waals surface area contributed by atoms with Crippen LogP contribution in [-0.2, 0) is 16.1 Å². The summed E-state index contributed by atoms with van der Waals surface area (Å²) in [5.41, 5.74) is 2.26. The molecule has 1 fully saturated rings. The van der Waals surface area contributed by atoms with Crippen molar-refractivity contribution in [2.75, 3.05) is 33.6 Å². The highest BCUT2D eigenvalue weighted by atomic mass is 32.2. The summed E-state index contributed by atoms with van der Waals surface area (Å²) in [6.45, 7) is 3.18. The van der Waals surface area contributed by atoms with Gasteiger partial charge in [-0.1, -0.05) is 29.8 Å². The smallest absolute Gasteiger partial charge is 0.358 e. The lowest BCUT2D eigenvalue weighted by Crippen LogP contribution is -2.61. The summed E-state index contributed by atoms with van der Waals surface area (Å²) in [6, 6.07) is 7.25. The van der Waals surface area contributed by atoms with Crippen molar-refractivity contribution in [3.63, 3.8) is 0 Å². The number of fused-ring (bicyclic) bond motifs is 1. The molecule has 1 atom stereocenters. The average molecular weight is 375 g/mol. The molecule has 0 aliphatic carbocycles. The van der Waals surface area contributed by atoms with E-state index < -0.39 is 6.04 Å². The van der Waals surface area contributed by atoms with Crippen LogP contribution in [0.25, 0.3) is 0 Å². The number of rotatable bonds is 5. The third-order valence-electron chi connectivity index (χ3n) is 4.45. The van der Waals surface area contributed by atoms with Crippen molar-refractivity contribution in [3.05, 3.63) is 35.4 Å². The van der Waals surface area contributed by atoms with Gasteiger partial charge in [0.05, 0.1) is 6.61 Å². The number of carbonyl (C=O) groups excluding carboxylic acids is 2. The topological polar surface area (TPSA) is 65.2 Å². The van der Waals surface area contributed by atoms with Gasteiger partial charge in [0, 0.05) is 27.0 Å². The van der Waals surface area contributed by atoms with E-state index in [2.05, 4.69) is 11.1 Å². The van der Waals surface area contributed by atoms with E-state index in [4.69, 9.17) is 4.74 Å². The van der Waals surface area contributed by atoms with Gasteiger partial charge in [-0.25, -0.2) is 9.37 Å². The number of amides is 3. The number of likely N-dealkylation sites (N-methyl/N-ethyl adjacent to an activating group) is 2. The molecule has 7 nitrogen and oxygen atoms in total. The fourth-order valence-corrected chi connectivity index (χ4v) is 4.00. The number of amidine groups is 2. The fourth-order valence-electron chi connectivity index (χ4n) is 3.07. The largest absolute Gasteiger partial charge is 0.384 e. The Morgan fingerprint density at radius 2 is 2.04 bits per heavy atom. The number of hydrogen-bond acceptors (Lipinski definition) is 5. The zero-order chi connectivity index (χ0) is 18.8. The Morgan fingerprint density at radius 3 is 2.73 bits per heavy atom. The number of aryl methyl sites for hydroxylation is 1. The van der Waals surface area contributed by atoms with Gasteiger partial charge in [-0.05, 0) is 29.2 Å². The molecule has 1 aromatic rings. The van der Waals surface area contributed by atoms with Crippen molar-refractivity contribution in [2.24, 2.45) is 4.99 Å². The number of ether oxygens (including phenoxy) is 1. The molecule has 138 valence electrons. The number of imide groups is 1. The number of methoxy groups -OCH3 is 1. The van der Waals surface area contributed by atoms with Crippen LogP contribution in [0.4, 0.5) is 4.79 Å². The minimum absolute atomic E-state index is 0.248. The minimum atomic E-state index is -0.576. The van der Waals surface area contributed by atoms with E-state index in [0.717, 1.165) is 26.9 Å². The Balaban J connectivity index is 1.97. The van der Waals surface area contributed by atoms with E-state index in [1.54, 1.807) is 14.2 Å². The highest BCUT2D eigenvalue weighted by Crippen LogP contribution is 2.24. The second kappa shape index (κ2) is 7.59. The first-order valence-corrected chi connectivity index (χ1v) is 9.37. The van der Waals surface area contributed by atoms with Crippen molar-refractivity contribution in [3.8, 4) is 0 Å². The predicted molar refractivity (Wildman–Crippen MR) is 102 cm³/mol. The number of aliphatic imine (C=N–C) groups is 1. The van der Waals surface area contributed by atoms with E-state index in [1.165, 1.54) is 23.7 Å². The van der Waals surface area contributed by atoms with Gasteiger partial charge in [0.15, 0.2) is 0 Å². The first-order valence-electron chi connectivity index (χ1n) is 8.38. The quantitative estimate of drug-likeness (QED) is 0.579. The van der Waals surface area contributed by atoms with Crippen molar-refractivity contribution < 1.29 is 18.9 Å². The van der Waals surface area contributed by atoms with Gasteiger partial charge in [0.2, 0.25) is 0 Å². The normalized spacial score (nSPS) is 20.0. The second-order valence-electron chi connectivity index (χ2n) is 6.35. The molecule has 8 heteroatoms. The van der Waals surface area contributed by atoms with Crippen LogP contribution in [0.5, 0.6) is 0 Å². The summed E-state index contributed by atoms with van der Waals surface area (Å²) >= 11 is 1.53. The van der Waals surface area contributed by atoms with Crippen molar-refractivity contribution >= 4 is 34.7 Å². The third-order valence-corrected chi connectivity index (χ3v) is 5.40. The van der Waals surface area contributed by atoms with Gasteiger partial charge in [-0.2, -0.15) is 0 Å². The Kier molecular flexibility index (Phi) is 5.43. The molecule has 0 bridgehead atoms. The molecule has 3 rings (SSSR count). The Hall–Kier alpha value is -2.19. The summed E-state index contributed by atoms with van der Waals surface area (Å²) in [6.07, 6.45) is 0. The minimum Gasteiger partial charge on any atom is -0.384 e. The maximum atomic E-state index is 12.8. The van der Waals surface area contributed by atoms with Crippen LogP contribution >= 0.6 is 11.8 Å². The van der Waals surface area contributed by atoms with Crippen LogP contribution in [0, 0.1) is 6.92 Å². The van der Waals surface area contributed by atoms with Crippen LogP contribution in [0.3, 0.4) is 0 Å². The van der Waals surface area contributed by atoms with E-state index in [1.807, 2.05) is 29.7 Å². The zero-order valence-electron chi connectivity index (χ0n) is 15.4. The van der Waals surface area contributed by atoms with Crippen molar-refractivity contribution in [1.29, 1.82) is 0 Å². The van der Waals surface area contributed by atoms with E-state index >= 15 is 0 Å². The van der Waals surface area contributed by atoms with Gasteiger partial charge in [0.1, 0.15) is 6.54 Å². The molecule has 0 saturated carbocycles. The summed E-state index contributed by atoms with van der Waals surface area (Å²) in [7, 11) is 4.82. The predicted octanol–water partition coefficient (Wildman–Crippen LogP) is 1.55. The molecular formula is C18H23N4O3S+. The lowest BCUT2D eigenvalue weighted by molar-refractivity contribution is -0.548. The molecule has 1 unspecified atom stereocenters. The van der Waals surface area contributed by atoms with Gasteiger partial charge in [-0.15, -0.1) is 0 Å². The van der Waals surface area contributed by atoms with Gasteiger partial charge in [-0.3, -0.25) is 14.6 Å². The van der Waals surface area contributed by atoms with Gasteiger partial charge < -0.3 is 4.74 Å². The molecule has 0 spiro atoms. The van der Waals surface area contributed by atoms with Crippen LogP contribution in [0.15, 0.2) is 29.3 Å². The number of nitrogens with zero attached hydrogens (tertiary/aromatic N) is 4. The SMILES string of the molecule is COCCSC1=[N+](Cc2cccc(C)c2)C2C(=O)N(C)C(=O)N(C)C2=N1. The number of carbonyl (C=O) groups is 2. The second-order valence-corrected chi connectivity index (χ2v) is 7.41. The molecular weight excluding hydrogens is 352 g/mol. The molecule has 2 aliphatic rings. The zero-order valence-corrected chi connectivity index (χ0v) is 16.2. The molecule has 1 saturated heterocycles. The van der Waals surface area contributed by atoms with E-state index in [0.29, 0.717) is 19.0 Å². The number of hydrogen-bond donors (Lipinski definition) is 0. The number of urea groups is 1. The summed E-state index contributed by atoms with van der Waals surface area (Å²) < 4.78 is 7.10. The molecule has 3 amide bonds. The maximum Gasteiger partial charge on any atom is 0.358 e. The highest BCUT2D eigenvalue weighted by molar-refractivity contribution is 8.13. The molecule has 0 N–H and O–H groups in total.